The first-order chi connectivity index (χ1) is 8.72. The minimum absolute atomic E-state index is 0.227. The number of allylic oxidation sites excluding steroid dienone is 1. The minimum atomic E-state index is -1.36. The van der Waals surface area contributed by atoms with E-state index in [0.717, 1.165) is 10.6 Å². The lowest BCUT2D eigenvalue weighted by Gasteiger charge is -2.01. The van der Waals surface area contributed by atoms with Crippen LogP contribution in [0.4, 0.5) is 9.18 Å². The van der Waals surface area contributed by atoms with Crippen molar-refractivity contribution in [1.82, 2.24) is 0 Å². The van der Waals surface area contributed by atoms with Crippen LogP contribution in [-0.4, -0.2) is 10.5 Å². The molecule has 1 fully saturated rings. The molecule has 1 aliphatic rings. The van der Waals surface area contributed by atoms with Crippen LogP contribution in [0.2, 0.25) is 0 Å². The van der Waals surface area contributed by atoms with Crippen molar-refractivity contribution in [1.29, 1.82) is 0 Å². The molecule has 2 rings (SSSR count). The van der Waals surface area contributed by atoms with Crippen LogP contribution in [0, 0.1) is 17.2 Å². The SMILES string of the molecule is CC1(C)CC1C=C(Cl)c1ccc(F)cc1.O=C(O)Cl. The second kappa shape index (κ2) is 6.40. The Labute approximate surface area is 121 Å². The topological polar surface area (TPSA) is 37.3 Å². The van der Waals surface area contributed by atoms with Crippen molar-refractivity contribution in [3.8, 4) is 0 Å². The van der Waals surface area contributed by atoms with Gasteiger partial charge in [-0.15, -0.1) is 0 Å². The van der Waals surface area contributed by atoms with Gasteiger partial charge in [0.05, 0.1) is 0 Å². The van der Waals surface area contributed by atoms with Gasteiger partial charge >= 0.3 is 5.43 Å². The van der Waals surface area contributed by atoms with Gasteiger partial charge in [-0.2, -0.15) is 0 Å². The van der Waals surface area contributed by atoms with Gasteiger partial charge in [0, 0.05) is 16.6 Å². The molecule has 1 atom stereocenters. The average molecular weight is 305 g/mol. The molecule has 2 nitrogen and oxygen atoms in total. The summed E-state index contributed by atoms with van der Waals surface area (Å²) in [4.78, 5) is 8.77. The maximum absolute atomic E-state index is 12.7. The summed E-state index contributed by atoms with van der Waals surface area (Å²) in [5.41, 5.74) is -0.0825. The van der Waals surface area contributed by atoms with Gasteiger partial charge in [0.1, 0.15) is 5.82 Å². The van der Waals surface area contributed by atoms with Gasteiger partial charge < -0.3 is 5.11 Å². The van der Waals surface area contributed by atoms with E-state index in [-0.39, 0.29) is 5.82 Å². The Morgan fingerprint density at radius 2 is 1.79 bits per heavy atom. The second-order valence-electron chi connectivity index (χ2n) is 5.07. The highest BCUT2D eigenvalue weighted by molar-refractivity contribution is 6.60. The third kappa shape index (κ3) is 5.62. The zero-order valence-electron chi connectivity index (χ0n) is 10.7. The highest BCUT2D eigenvalue weighted by Gasteiger charge is 2.43. The Morgan fingerprint density at radius 3 is 2.16 bits per heavy atom. The van der Waals surface area contributed by atoms with E-state index < -0.39 is 5.43 Å². The van der Waals surface area contributed by atoms with E-state index in [0.29, 0.717) is 11.3 Å². The molecule has 0 heterocycles. The van der Waals surface area contributed by atoms with Gasteiger partial charge in [-0.3, -0.25) is 0 Å². The van der Waals surface area contributed by atoms with E-state index in [9.17, 15) is 4.39 Å². The molecule has 0 aliphatic heterocycles. The molecule has 19 heavy (non-hydrogen) atoms. The fourth-order valence-electron chi connectivity index (χ4n) is 1.67. The van der Waals surface area contributed by atoms with Crippen molar-refractivity contribution in [2.45, 2.75) is 20.3 Å². The van der Waals surface area contributed by atoms with E-state index in [2.05, 4.69) is 31.5 Å². The van der Waals surface area contributed by atoms with Gasteiger partial charge in [-0.25, -0.2) is 9.18 Å². The van der Waals surface area contributed by atoms with Crippen LogP contribution in [-0.2, 0) is 0 Å². The Balaban J connectivity index is 0.000000399. The summed E-state index contributed by atoms with van der Waals surface area (Å²) in [6.07, 6.45) is 3.26. The van der Waals surface area contributed by atoms with Crippen LogP contribution in [0.5, 0.6) is 0 Å². The highest BCUT2D eigenvalue weighted by atomic mass is 35.5. The number of halogens is 3. The largest absolute Gasteiger partial charge is 0.469 e. The monoisotopic (exact) mass is 304 g/mol. The fourth-order valence-corrected chi connectivity index (χ4v) is 1.95. The normalized spacial score (nSPS) is 20.3. The molecule has 1 saturated carbocycles. The average Bonchev–Trinajstić information content (AvgIpc) is 2.85. The first-order valence-corrected chi connectivity index (χ1v) is 6.49. The molecular formula is C14H15Cl2FO2. The Kier molecular flexibility index (Phi) is 5.39. The van der Waals surface area contributed by atoms with Gasteiger partial charge in [0.25, 0.3) is 0 Å². The zero-order chi connectivity index (χ0) is 14.6. The van der Waals surface area contributed by atoms with Crippen LogP contribution < -0.4 is 0 Å². The predicted molar refractivity (Wildman–Crippen MR) is 76.0 cm³/mol. The molecule has 0 aromatic heterocycles. The van der Waals surface area contributed by atoms with Crippen LogP contribution in [0.15, 0.2) is 30.3 Å². The molecule has 1 N–H and O–H groups in total. The fraction of sp³-hybridized carbons (Fsp3) is 0.357. The minimum Gasteiger partial charge on any atom is -0.469 e. The molecule has 0 amide bonds. The summed E-state index contributed by atoms with van der Waals surface area (Å²) in [6.45, 7) is 4.45. The quantitative estimate of drug-likeness (QED) is 0.747. The standard InChI is InChI=1S/C13H14ClF.CHClO2/c1-13(2)8-10(13)7-12(14)9-3-5-11(15)6-4-9;2-1(3)4/h3-7,10H,8H2,1-2H3;(H,3,4). The zero-order valence-corrected chi connectivity index (χ0v) is 12.2. The molecule has 0 bridgehead atoms. The second-order valence-corrected chi connectivity index (χ2v) is 5.80. The molecule has 1 aromatic rings. The van der Waals surface area contributed by atoms with E-state index in [1.807, 2.05) is 0 Å². The van der Waals surface area contributed by atoms with Gasteiger partial charge in [-0.1, -0.05) is 43.7 Å². The molecule has 0 saturated heterocycles. The van der Waals surface area contributed by atoms with Gasteiger partial charge in [-0.05, 0) is 35.4 Å². The van der Waals surface area contributed by atoms with Crippen molar-refractivity contribution in [2.75, 3.05) is 0 Å². The van der Waals surface area contributed by atoms with Crippen molar-refractivity contribution < 1.29 is 14.3 Å². The van der Waals surface area contributed by atoms with Crippen molar-refractivity contribution in [3.05, 3.63) is 41.7 Å². The van der Waals surface area contributed by atoms with Gasteiger partial charge in [0.15, 0.2) is 0 Å². The van der Waals surface area contributed by atoms with Crippen molar-refractivity contribution in [2.24, 2.45) is 11.3 Å². The van der Waals surface area contributed by atoms with E-state index in [4.69, 9.17) is 21.5 Å². The van der Waals surface area contributed by atoms with E-state index >= 15 is 0 Å². The van der Waals surface area contributed by atoms with Crippen molar-refractivity contribution in [3.63, 3.8) is 0 Å². The third-order valence-electron chi connectivity index (χ3n) is 3.06. The number of carboxylic acid groups (broad SMARTS) is 1. The first kappa shape index (κ1) is 16.0. The summed E-state index contributed by atoms with van der Waals surface area (Å²) in [7, 11) is 0. The Morgan fingerprint density at radius 1 is 1.37 bits per heavy atom. The molecule has 1 aliphatic carbocycles. The summed E-state index contributed by atoms with van der Waals surface area (Å²) in [5, 5.41) is 7.91. The van der Waals surface area contributed by atoms with Crippen LogP contribution in [0.3, 0.4) is 0 Å². The van der Waals surface area contributed by atoms with Gasteiger partial charge in [0.2, 0.25) is 0 Å². The summed E-state index contributed by atoms with van der Waals surface area (Å²) in [6, 6.07) is 6.29. The van der Waals surface area contributed by atoms with Crippen LogP contribution in [0.25, 0.3) is 5.03 Å². The molecule has 1 unspecified atom stereocenters. The lowest BCUT2D eigenvalue weighted by atomic mass is 10.1. The summed E-state index contributed by atoms with van der Waals surface area (Å²) >= 11 is 10.4. The first-order valence-electron chi connectivity index (χ1n) is 5.74. The Bertz CT molecular complexity index is 477. The molecular weight excluding hydrogens is 290 g/mol. The molecule has 0 spiro atoms. The smallest absolute Gasteiger partial charge is 0.401 e. The van der Waals surface area contributed by atoms with E-state index in [1.54, 1.807) is 12.1 Å². The van der Waals surface area contributed by atoms with Crippen LogP contribution in [0.1, 0.15) is 25.8 Å². The number of carbonyl (C=O) groups is 1. The maximum Gasteiger partial charge on any atom is 0.401 e. The number of benzene rings is 1. The lowest BCUT2D eigenvalue weighted by Crippen LogP contribution is -1.87. The van der Waals surface area contributed by atoms with E-state index in [1.165, 1.54) is 18.6 Å². The lowest BCUT2D eigenvalue weighted by molar-refractivity contribution is 0.220. The van der Waals surface area contributed by atoms with Crippen LogP contribution >= 0.6 is 23.2 Å². The molecule has 104 valence electrons. The Hall–Kier alpha value is -1.06. The highest BCUT2D eigenvalue weighted by Crippen LogP contribution is 2.53. The third-order valence-corrected chi connectivity index (χ3v) is 3.40. The summed E-state index contributed by atoms with van der Waals surface area (Å²) in [5.74, 6) is 0.338. The predicted octanol–water partition coefficient (Wildman–Crippen LogP) is 5.35. The number of hydrogen-bond donors (Lipinski definition) is 1. The van der Waals surface area contributed by atoms with Crippen molar-refractivity contribution >= 4 is 33.7 Å². The number of rotatable bonds is 2. The maximum atomic E-state index is 12.7. The molecule has 5 heteroatoms. The molecule has 0 radical (unpaired) electrons. The summed E-state index contributed by atoms with van der Waals surface area (Å²) < 4.78 is 12.7. The number of hydrogen-bond acceptors (Lipinski definition) is 1. The molecule has 1 aromatic carbocycles.